The number of carbonyl (C=O) groups is 1. The van der Waals surface area contributed by atoms with E-state index in [9.17, 15) is 4.79 Å². The van der Waals surface area contributed by atoms with Gasteiger partial charge in [0.2, 0.25) is 0 Å². The van der Waals surface area contributed by atoms with Crippen molar-refractivity contribution in [3.05, 3.63) is 12.2 Å². The van der Waals surface area contributed by atoms with E-state index in [0.717, 1.165) is 12.7 Å². The molecule has 1 atom stereocenters. The van der Waals surface area contributed by atoms with E-state index in [-0.39, 0.29) is 5.41 Å². The van der Waals surface area contributed by atoms with E-state index in [2.05, 4.69) is 20.4 Å². The molecule has 1 heteroatoms. The Morgan fingerprint density at radius 2 is 2.33 bits per heavy atom. The van der Waals surface area contributed by atoms with Gasteiger partial charge in [0, 0.05) is 6.42 Å². The average molecular weight is 166 g/mol. The second kappa shape index (κ2) is 3.42. The second-order valence-corrected chi connectivity index (χ2v) is 4.32. The summed E-state index contributed by atoms with van der Waals surface area (Å²) in [5.41, 5.74) is 1.50. The van der Waals surface area contributed by atoms with Gasteiger partial charge in [0.05, 0.1) is 0 Å². The summed E-state index contributed by atoms with van der Waals surface area (Å²) in [4.78, 5) is 10.4. The zero-order valence-electron chi connectivity index (χ0n) is 8.10. The maximum absolute atomic E-state index is 10.4. The van der Waals surface area contributed by atoms with Gasteiger partial charge in [0.15, 0.2) is 0 Å². The monoisotopic (exact) mass is 166 g/mol. The number of carbonyl (C=O) groups excluding carboxylic acids is 1. The summed E-state index contributed by atoms with van der Waals surface area (Å²) in [5.74, 6) is 0.524. The molecule has 1 fully saturated rings. The number of hydrogen-bond acceptors (Lipinski definition) is 1. The van der Waals surface area contributed by atoms with Crippen LogP contribution >= 0.6 is 0 Å². The van der Waals surface area contributed by atoms with Crippen molar-refractivity contribution < 1.29 is 4.79 Å². The molecule has 0 bridgehead atoms. The zero-order valence-corrected chi connectivity index (χ0v) is 8.10. The number of hydrogen-bond donors (Lipinski definition) is 0. The van der Waals surface area contributed by atoms with Crippen molar-refractivity contribution in [1.29, 1.82) is 0 Å². The van der Waals surface area contributed by atoms with Crippen LogP contribution in [0.4, 0.5) is 0 Å². The molecule has 1 saturated carbocycles. The van der Waals surface area contributed by atoms with Crippen LogP contribution in [-0.2, 0) is 4.79 Å². The quantitative estimate of drug-likeness (QED) is 0.455. The number of rotatable bonds is 2. The molecule has 68 valence electrons. The first-order valence-corrected chi connectivity index (χ1v) is 4.71. The highest BCUT2D eigenvalue weighted by Crippen LogP contribution is 2.44. The van der Waals surface area contributed by atoms with E-state index < -0.39 is 0 Å². The molecule has 1 rings (SSSR count). The van der Waals surface area contributed by atoms with E-state index in [1.54, 1.807) is 0 Å². The lowest BCUT2D eigenvalue weighted by Crippen LogP contribution is -2.30. The van der Waals surface area contributed by atoms with Gasteiger partial charge in [0.25, 0.3) is 0 Å². The van der Waals surface area contributed by atoms with Crippen molar-refractivity contribution in [1.82, 2.24) is 0 Å². The highest BCUT2D eigenvalue weighted by Gasteiger charge is 2.34. The van der Waals surface area contributed by atoms with Gasteiger partial charge in [-0.15, -0.1) is 0 Å². The highest BCUT2D eigenvalue weighted by atomic mass is 16.1. The largest absolute Gasteiger partial charge is 0.303 e. The minimum Gasteiger partial charge on any atom is -0.303 e. The fourth-order valence-corrected chi connectivity index (χ4v) is 2.06. The van der Waals surface area contributed by atoms with Crippen LogP contribution in [0.2, 0.25) is 0 Å². The molecule has 0 radical (unpaired) electrons. The molecule has 0 N–H and O–H groups in total. The molecule has 0 aliphatic heterocycles. The lowest BCUT2D eigenvalue weighted by Gasteiger charge is -2.39. The Bertz CT molecular complexity index is 191. The van der Waals surface area contributed by atoms with Crippen LogP contribution in [0.15, 0.2) is 12.2 Å². The Morgan fingerprint density at radius 3 is 2.92 bits per heavy atom. The van der Waals surface area contributed by atoms with Crippen LogP contribution < -0.4 is 0 Å². The van der Waals surface area contributed by atoms with Crippen LogP contribution in [-0.4, -0.2) is 6.29 Å². The van der Waals surface area contributed by atoms with E-state index in [1.807, 2.05) is 0 Å². The molecule has 0 spiro atoms. The Labute approximate surface area is 74.9 Å². The van der Waals surface area contributed by atoms with Crippen LogP contribution in [0.3, 0.4) is 0 Å². The van der Waals surface area contributed by atoms with E-state index in [1.165, 1.54) is 18.4 Å². The summed E-state index contributed by atoms with van der Waals surface area (Å²) in [7, 11) is 0. The fourth-order valence-electron chi connectivity index (χ4n) is 2.06. The van der Waals surface area contributed by atoms with Gasteiger partial charge >= 0.3 is 0 Å². The molecule has 0 amide bonds. The van der Waals surface area contributed by atoms with Gasteiger partial charge < -0.3 is 4.79 Å². The Hall–Kier alpha value is -0.590. The Kier molecular flexibility index (Phi) is 2.71. The minimum atomic E-state index is 0.180. The highest BCUT2D eigenvalue weighted by molar-refractivity contribution is 5.50. The smallest absolute Gasteiger partial charge is 0.120 e. The van der Waals surface area contributed by atoms with Gasteiger partial charge in [-0.3, -0.25) is 0 Å². The maximum atomic E-state index is 10.4. The minimum absolute atomic E-state index is 0.180. The summed E-state index contributed by atoms with van der Waals surface area (Å²) in [6.07, 6.45) is 5.28. The molecule has 0 aromatic carbocycles. The van der Waals surface area contributed by atoms with E-state index >= 15 is 0 Å². The predicted molar refractivity (Wildman–Crippen MR) is 50.9 cm³/mol. The second-order valence-electron chi connectivity index (χ2n) is 4.32. The zero-order chi connectivity index (χ0) is 9.19. The van der Waals surface area contributed by atoms with Crippen LogP contribution in [0.5, 0.6) is 0 Å². The predicted octanol–water partition coefficient (Wildman–Crippen LogP) is 2.96. The van der Waals surface area contributed by atoms with Gasteiger partial charge in [-0.1, -0.05) is 26.0 Å². The Balaban J connectivity index is 2.71. The molecular weight excluding hydrogens is 148 g/mol. The summed E-state index contributed by atoms with van der Waals surface area (Å²) in [6.45, 7) is 8.51. The van der Waals surface area contributed by atoms with Crippen molar-refractivity contribution in [2.45, 2.75) is 39.5 Å². The van der Waals surface area contributed by atoms with E-state index in [0.29, 0.717) is 12.3 Å². The van der Waals surface area contributed by atoms with Crippen LogP contribution in [0.25, 0.3) is 0 Å². The lowest BCUT2D eigenvalue weighted by molar-refractivity contribution is -0.109. The molecule has 0 aromatic rings. The SMILES string of the molecule is C=C1CCC[C@@H](CC=O)C1(C)C. The molecule has 1 aliphatic carbocycles. The third kappa shape index (κ3) is 1.60. The normalized spacial score (nSPS) is 28.5. The fraction of sp³-hybridized carbons (Fsp3) is 0.727. The van der Waals surface area contributed by atoms with E-state index in [4.69, 9.17) is 0 Å². The molecule has 0 unspecified atom stereocenters. The van der Waals surface area contributed by atoms with Gasteiger partial charge in [-0.2, -0.15) is 0 Å². The first-order valence-electron chi connectivity index (χ1n) is 4.71. The number of allylic oxidation sites excluding steroid dienone is 1. The van der Waals surface area contributed by atoms with Crippen molar-refractivity contribution in [2.75, 3.05) is 0 Å². The molecule has 1 aliphatic rings. The third-order valence-corrected chi connectivity index (χ3v) is 3.34. The summed E-state index contributed by atoms with van der Waals surface area (Å²) in [6, 6.07) is 0. The van der Waals surface area contributed by atoms with Crippen LogP contribution in [0.1, 0.15) is 39.5 Å². The maximum Gasteiger partial charge on any atom is 0.120 e. The van der Waals surface area contributed by atoms with Crippen molar-refractivity contribution in [2.24, 2.45) is 11.3 Å². The first-order chi connectivity index (χ1) is 5.59. The average Bonchev–Trinajstić information content (AvgIpc) is 2.00. The van der Waals surface area contributed by atoms with Gasteiger partial charge in [-0.05, 0) is 30.6 Å². The molecule has 0 aromatic heterocycles. The van der Waals surface area contributed by atoms with Crippen molar-refractivity contribution in [3.8, 4) is 0 Å². The Morgan fingerprint density at radius 1 is 1.67 bits per heavy atom. The number of aldehydes is 1. The molecule has 1 nitrogen and oxygen atoms in total. The molecular formula is C11H18O. The van der Waals surface area contributed by atoms with Gasteiger partial charge in [0.1, 0.15) is 6.29 Å². The van der Waals surface area contributed by atoms with Crippen molar-refractivity contribution in [3.63, 3.8) is 0 Å². The van der Waals surface area contributed by atoms with Crippen molar-refractivity contribution >= 4 is 6.29 Å². The molecule has 12 heavy (non-hydrogen) atoms. The topological polar surface area (TPSA) is 17.1 Å². The first kappa shape index (κ1) is 9.50. The molecule has 0 heterocycles. The third-order valence-electron chi connectivity index (χ3n) is 3.34. The summed E-state index contributed by atoms with van der Waals surface area (Å²) >= 11 is 0. The lowest BCUT2D eigenvalue weighted by atomic mass is 9.65. The molecule has 0 saturated heterocycles. The summed E-state index contributed by atoms with van der Waals surface area (Å²) in [5, 5.41) is 0. The standard InChI is InChI=1S/C11H18O/c1-9-5-4-6-10(7-8-12)11(9,2)3/h8,10H,1,4-7H2,2-3H3/t10-/m0/s1. The summed E-state index contributed by atoms with van der Waals surface area (Å²) < 4.78 is 0. The van der Waals surface area contributed by atoms with Gasteiger partial charge in [-0.25, -0.2) is 0 Å². The van der Waals surface area contributed by atoms with Crippen LogP contribution in [0, 0.1) is 11.3 Å².